The average molecular weight is 390 g/mol. The summed E-state index contributed by atoms with van der Waals surface area (Å²) in [7, 11) is 0. The predicted octanol–water partition coefficient (Wildman–Crippen LogP) is 3.65. The Bertz CT molecular complexity index is 799. The summed E-state index contributed by atoms with van der Waals surface area (Å²) in [6.45, 7) is 5.67. The molecule has 1 saturated heterocycles. The number of hydrogen-bond acceptors (Lipinski definition) is 4. The highest BCUT2D eigenvalue weighted by atomic mass is 19.1. The van der Waals surface area contributed by atoms with Gasteiger partial charge in [0.2, 0.25) is 0 Å². The zero-order chi connectivity index (χ0) is 20.1. The number of likely N-dealkylation sites (tertiary alicyclic amines) is 1. The van der Waals surface area contributed by atoms with Crippen LogP contribution >= 0.6 is 0 Å². The number of halogens is 2. The lowest BCUT2D eigenvalue weighted by Gasteiger charge is -2.43. The minimum absolute atomic E-state index is 0.0335. The normalized spacial score (nSPS) is 18.7. The van der Waals surface area contributed by atoms with E-state index in [0.29, 0.717) is 0 Å². The standard InChI is InChI=1S/C21H28F2N4O/c1-3-4-5-17-8-10-26(11-9-17)16(2)21(28,13-27-15-24-14-25-27)19-7-6-18(22)12-20(19)23/h5-7,12,14-16,28H,3-4,8-11,13H2,1-2H3/t16-,21-/m1/s1. The second kappa shape index (κ2) is 8.92. The minimum Gasteiger partial charge on any atom is -0.381 e. The van der Waals surface area contributed by atoms with Gasteiger partial charge in [0.1, 0.15) is 29.9 Å². The van der Waals surface area contributed by atoms with E-state index in [-0.39, 0.29) is 18.2 Å². The largest absolute Gasteiger partial charge is 0.381 e. The lowest BCUT2D eigenvalue weighted by atomic mass is 9.84. The van der Waals surface area contributed by atoms with Crippen molar-refractivity contribution >= 4 is 0 Å². The molecule has 1 aromatic carbocycles. The molecule has 2 aromatic rings. The van der Waals surface area contributed by atoms with Gasteiger partial charge in [0.05, 0.1) is 6.54 Å². The summed E-state index contributed by atoms with van der Waals surface area (Å²) >= 11 is 0. The van der Waals surface area contributed by atoms with Gasteiger partial charge in [0, 0.05) is 30.8 Å². The molecule has 2 atom stereocenters. The van der Waals surface area contributed by atoms with Crippen LogP contribution in [0.1, 0.15) is 45.1 Å². The Morgan fingerprint density at radius 1 is 1.29 bits per heavy atom. The van der Waals surface area contributed by atoms with E-state index in [1.54, 1.807) is 0 Å². The number of unbranched alkanes of at least 4 members (excludes halogenated alkanes) is 1. The van der Waals surface area contributed by atoms with Gasteiger partial charge in [-0.1, -0.05) is 31.1 Å². The maximum atomic E-state index is 14.6. The topological polar surface area (TPSA) is 54.2 Å². The van der Waals surface area contributed by atoms with Crippen molar-refractivity contribution in [3.05, 3.63) is 59.7 Å². The monoisotopic (exact) mass is 390 g/mol. The third-order valence-electron chi connectivity index (χ3n) is 5.67. The predicted molar refractivity (Wildman–Crippen MR) is 104 cm³/mol. The SMILES string of the molecule is CCCC=C1CCN([C@H](C)[C@](O)(Cn2cncn2)c2ccc(F)cc2F)CC1. The molecule has 0 aliphatic carbocycles. The summed E-state index contributed by atoms with van der Waals surface area (Å²) in [5.41, 5.74) is -0.0573. The van der Waals surface area contributed by atoms with Gasteiger partial charge >= 0.3 is 0 Å². The van der Waals surface area contributed by atoms with Gasteiger partial charge in [-0.15, -0.1) is 0 Å². The highest BCUT2D eigenvalue weighted by molar-refractivity contribution is 5.27. The smallest absolute Gasteiger partial charge is 0.137 e. The zero-order valence-corrected chi connectivity index (χ0v) is 16.5. The van der Waals surface area contributed by atoms with Gasteiger partial charge in [0.25, 0.3) is 0 Å². The van der Waals surface area contributed by atoms with E-state index >= 15 is 0 Å². The molecule has 0 bridgehead atoms. The van der Waals surface area contributed by atoms with E-state index in [0.717, 1.165) is 44.8 Å². The van der Waals surface area contributed by atoms with Crippen molar-refractivity contribution in [1.29, 1.82) is 0 Å². The van der Waals surface area contributed by atoms with Crippen LogP contribution in [0.5, 0.6) is 0 Å². The lowest BCUT2D eigenvalue weighted by Crippen LogP contribution is -2.53. The first-order valence-corrected chi connectivity index (χ1v) is 9.86. The summed E-state index contributed by atoms with van der Waals surface area (Å²) in [6.07, 6.45) is 9.26. The molecule has 2 heterocycles. The van der Waals surface area contributed by atoms with Gasteiger partial charge in [-0.25, -0.2) is 18.4 Å². The summed E-state index contributed by atoms with van der Waals surface area (Å²) in [5, 5.41) is 15.7. The molecule has 3 rings (SSSR count). The molecule has 0 saturated carbocycles. The summed E-state index contributed by atoms with van der Waals surface area (Å²) in [5.74, 6) is -1.42. The number of aromatic nitrogens is 3. The van der Waals surface area contributed by atoms with Crippen LogP contribution in [-0.4, -0.2) is 43.9 Å². The number of piperidine rings is 1. The van der Waals surface area contributed by atoms with Crippen LogP contribution in [0.2, 0.25) is 0 Å². The van der Waals surface area contributed by atoms with Crippen LogP contribution in [0.25, 0.3) is 0 Å². The molecule has 1 aliphatic heterocycles. The van der Waals surface area contributed by atoms with Gasteiger partial charge in [0.15, 0.2) is 0 Å². The number of rotatable bonds is 7. The Kier molecular flexibility index (Phi) is 6.57. The number of benzene rings is 1. The van der Waals surface area contributed by atoms with E-state index in [2.05, 4.69) is 28.0 Å². The van der Waals surface area contributed by atoms with Crippen molar-refractivity contribution in [2.75, 3.05) is 13.1 Å². The van der Waals surface area contributed by atoms with Crippen molar-refractivity contribution in [2.45, 2.75) is 57.7 Å². The first-order chi connectivity index (χ1) is 13.4. The van der Waals surface area contributed by atoms with Gasteiger partial charge in [-0.05, 0) is 32.3 Å². The first kappa shape index (κ1) is 20.6. The van der Waals surface area contributed by atoms with Gasteiger partial charge < -0.3 is 5.11 Å². The highest BCUT2D eigenvalue weighted by Gasteiger charge is 2.42. The van der Waals surface area contributed by atoms with Crippen molar-refractivity contribution in [2.24, 2.45) is 0 Å². The van der Waals surface area contributed by atoms with Gasteiger partial charge in [-0.3, -0.25) is 4.90 Å². The molecule has 152 valence electrons. The van der Waals surface area contributed by atoms with E-state index in [4.69, 9.17) is 0 Å². The van der Waals surface area contributed by atoms with Crippen LogP contribution in [0.4, 0.5) is 8.78 Å². The summed E-state index contributed by atoms with van der Waals surface area (Å²) in [6, 6.07) is 2.94. The van der Waals surface area contributed by atoms with Gasteiger partial charge in [-0.2, -0.15) is 5.10 Å². The molecule has 7 heteroatoms. The van der Waals surface area contributed by atoms with E-state index in [1.165, 1.54) is 35.0 Å². The fraction of sp³-hybridized carbons (Fsp3) is 0.524. The third kappa shape index (κ3) is 4.47. The number of hydrogen-bond donors (Lipinski definition) is 1. The fourth-order valence-electron chi connectivity index (χ4n) is 3.90. The molecule has 0 amide bonds. The number of allylic oxidation sites excluding steroid dienone is 1. The molecule has 1 fully saturated rings. The maximum Gasteiger partial charge on any atom is 0.137 e. The summed E-state index contributed by atoms with van der Waals surface area (Å²) in [4.78, 5) is 6.08. The van der Waals surface area contributed by atoms with Crippen molar-refractivity contribution in [3.8, 4) is 0 Å². The summed E-state index contributed by atoms with van der Waals surface area (Å²) < 4.78 is 29.6. The molecule has 1 aromatic heterocycles. The quantitative estimate of drug-likeness (QED) is 0.733. The second-order valence-corrected chi connectivity index (χ2v) is 7.50. The molecule has 1 N–H and O–H groups in total. The lowest BCUT2D eigenvalue weighted by molar-refractivity contribution is -0.0657. The van der Waals surface area contributed by atoms with E-state index < -0.39 is 17.2 Å². The minimum atomic E-state index is -1.57. The Morgan fingerprint density at radius 2 is 2.04 bits per heavy atom. The van der Waals surface area contributed by atoms with Crippen LogP contribution < -0.4 is 0 Å². The molecule has 0 spiro atoms. The molecule has 5 nitrogen and oxygen atoms in total. The third-order valence-corrected chi connectivity index (χ3v) is 5.67. The average Bonchev–Trinajstić information content (AvgIpc) is 3.18. The number of aliphatic hydroxyl groups is 1. The van der Waals surface area contributed by atoms with Crippen LogP contribution in [-0.2, 0) is 12.1 Å². The number of nitrogens with zero attached hydrogens (tertiary/aromatic N) is 4. The van der Waals surface area contributed by atoms with E-state index in [1.807, 2.05) is 6.92 Å². The molecular weight excluding hydrogens is 362 g/mol. The first-order valence-electron chi connectivity index (χ1n) is 9.86. The Morgan fingerprint density at radius 3 is 2.64 bits per heavy atom. The fourth-order valence-corrected chi connectivity index (χ4v) is 3.90. The Balaban J connectivity index is 1.86. The molecule has 1 aliphatic rings. The van der Waals surface area contributed by atoms with Crippen LogP contribution in [0, 0.1) is 11.6 Å². The maximum absolute atomic E-state index is 14.6. The molecule has 28 heavy (non-hydrogen) atoms. The van der Waals surface area contributed by atoms with Crippen molar-refractivity contribution in [3.63, 3.8) is 0 Å². The molecule has 0 radical (unpaired) electrons. The molecule has 0 unspecified atom stereocenters. The highest BCUT2D eigenvalue weighted by Crippen LogP contribution is 2.34. The Hall–Kier alpha value is -2.12. The molecular formula is C21H28F2N4O. The second-order valence-electron chi connectivity index (χ2n) is 7.50. The van der Waals surface area contributed by atoms with Crippen molar-refractivity contribution < 1.29 is 13.9 Å². The van der Waals surface area contributed by atoms with Crippen LogP contribution in [0.3, 0.4) is 0 Å². The van der Waals surface area contributed by atoms with E-state index in [9.17, 15) is 13.9 Å². The Labute approximate surface area is 164 Å². The zero-order valence-electron chi connectivity index (χ0n) is 16.5. The van der Waals surface area contributed by atoms with Crippen LogP contribution in [0.15, 0.2) is 42.5 Å². The van der Waals surface area contributed by atoms with Crippen molar-refractivity contribution in [1.82, 2.24) is 19.7 Å².